The summed E-state index contributed by atoms with van der Waals surface area (Å²) >= 11 is 0. The maximum Gasteiger partial charge on any atom is 0.228 e. The number of pyridine rings is 1. The quantitative estimate of drug-likeness (QED) is 0.884. The molecule has 0 aliphatic carbocycles. The molecule has 1 N–H and O–H groups in total. The van der Waals surface area contributed by atoms with Crippen molar-refractivity contribution in [3.63, 3.8) is 0 Å². The Balaban J connectivity index is 1.99. The summed E-state index contributed by atoms with van der Waals surface area (Å²) in [6, 6.07) is 3.35. The topological polar surface area (TPSA) is 88.6 Å². The van der Waals surface area contributed by atoms with Crippen molar-refractivity contribution in [1.82, 2.24) is 9.29 Å². The number of amides is 1. The molecule has 2 heterocycles. The summed E-state index contributed by atoms with van der Waals surface area (Å²) < 4.78 is 29.4. The van der Waals surface area contributed by atoms with E-state index in [1.165, 1.54) is 23.9 Å². The number of ether oxygens (including phenoxy) is 1. The minimum Gasteiger partial charge on any atom is -0.481 e. The number of sulfonamides is 1. The number of piperidine rings is 1. The van der Waals surface area contributed by atoms with Crippen molar-refractivity contribution in [2.24, 2.45) is 5.92 Å². The number of rotatable bonds is 4. The third-order valence-electron chi connectivity index (χ3n) is 3.44. The standard InChI is InChI=1S/C13H19N3O4S/c1-20-12-6-5-11(8-14-12)15-13(17)10-4-3-7-16(9-10)21(2,18)19/h5-6,8,10H,3-4,7,9H2,1-2H3,(H,15,17). The predicted molar refractivity (Wildman–Crippen MR) is 78.6 cm³/mol. The summed E-state index contributed by atoms with van der Waals surface area (Å²) in [6.07, 6.45) is 4.04. The first-order valence-electron chi connectivity index (χ1n) is 6.66. The molecule has 1 amide bonds. The molecule has 0 spiro atoms. The van der Waals surface area contributed by atoms with Crippen LogP contribution >= 0.6 is 0 Å². The number of methoxy groups -OCH3 is 1. The Hall–Kier alpha value is -1.67. The molecular weight excluding hydrogens is 294 g/mol. The van der Waals surface area contributed by atoms with E-state index in [0.717, 1.165) is 0 Å². The van der Waals surface area contributed by atoms with Crippen LogP contribution in [0.1, 0.15) is 12.8 Å². The van der Waals surface area contributed by atoms with Crippen molar-refractivity contribution < 1.29 is 17.9 Å². The predicted octanol–water partition coefficient (Wildman–Crippen LogP) is 0.700. The maximum atomic E-state index is 12.2. The first kappa shape index (κ1) is 15.7. The minimum absolute atomic E-state index is 0.185. The number of carbonyl (C=O) groups excluding carboxylic acids is 1. The molecule has 0 saturated carbocycles. The summed E-state index contributed by atoms with van der Waals surface area (Å²) in [5.74, 6) is -0.0557. The Morgan fingerprint density at radius 1 is 1.48 bits per heavy atom. The van der Waals surface area contributed by atoms with Gasteiger partial charge in [0, 0.05) is 19.2 Å². The molecule has 1 aliphatic heterocycles. The van der Waals surface area contributed by atoms with Crippen LogP contribution in [0.4, 0.5) is 5.69 Å². The van der Waals surface area contributed by atoms with E-state index in [2.05, 4.69) is 10.3 Å². The normalized spacial score (nSPS) is 20.0. The fraction of sp³-hybridized carbons (Fsp3) is 0.538. The molecule has 1 saturated heterocycles. The summed E-state index contributed by atoms with van der Waals surface area (Å²) in [5.41, 5.74) is 0.567. The van der Waals surface area contributed by atoms with E-state index in [1.54, 1.807) is 12.1 Å². The lowest BCUT2D eigenvalue weighted by Gasteiger charge is -2.30. The van der Waals surface area contributed by atoms with Crippen molar-refractivity contribution in [1.29, 1.82) is 0 Å². The number of anilines is 1. The fourth-order valence-corrected chi connectivity index (χ4v) is 3.19. The summed E-state index contributed by atoms with van der Waals surface area (Å²) in [4.78, 5) is 16.2. The number of hydrogen-bond donors (Lipinski definition) is 1. The van der Waals surface area contributed by atoms with Gasteiger partial charge in [-0.25, -0.2) is 17.7 Å². The van der Waals surface area contributed by atoms with Crippen molar-refractivity contribution in [3.8, 4) is 5.88 Å². The van der Waals surface area contributed by atoms with Crippen LogP contribution in [0, 0.1) is 5.92 Å². The highest BCUT2D eigenvalue weighted by molar-refractivity contribution is 7.88. The van der Waals surface area contributed by atoms with Crippen LogP contribution in [0.3, 0.4) is 0 Å². The number of nitrogens with one attached hydrogen (secondary N) is 1. The average molecular weight is 313 g/mol. The number of aromatic nitrogens is 1. The Labute approximate surface area is 124 Å². The van der Waals surface area contributed by atoms with Gasteiger partial charge in [-0.3, -0.25) is 4.79 Å². The highest BCUT2D eigenvalue weighted by Gasteiger charge is 2.30. The zero-order chi connectivity index (χ0) is 15.5. The molecule has 1 atom stereocenters. The summed E-state index contributed by atoms with van der Waals surface area (Å²) in [5, 5.41) is 2.76. The molecule has 0 aromatic carbocycles. The van der Waals surface area contributed by atoms with Gasteiger partial charge in [0.05, 0.1) is 31.2 Å². The lowest BCUT2D eigenvalue weighted by molar-refractivity contribution is -0.120. The minimum atomic E-state index is -3.25. The highest BCUT2D eigenvalue weighted by Crippen LogP contribution is 2.20. The molecule has 8 heteroatoms. The van der Waals surface area contributed by atoms with Gasteiger partial charge in [-0.15, -0.1) is 0 Å². The first-order valence-corrected chi connectivity index (χ1v) is 8.51. The third kappa shape index (κ3) is 4.15. The maximum absolute atomic E-state index is 12.2. The molecule has 1 aliphatic rings. The van der Waals surface area contributed by atoms with Crippen LogP contribution in [-0.2, 0) is 14.8 Å². The molecule has 2 rings (SSSR count). The Kier molecular flexibility index (Phi) is 4.79. The lowest BCUT2D eigenvalue weighted by Crippen LogP contribution is -2.43. The first-order chi connectivity index (χ1) is 9.90. The molecule has 1 fully saturated rings. The number of carbonyl (C=O) groups is 1. The summed E-state index contributed by atoms with van der Waals surface area (Å²) in [7, 11) is -1.73. The van der Waals surface area contributed by atoms with E-state index in [1.807, 2.05) is 0 Å². The monoisotopic (exact) mass is 313 g/mol. The van der Waals surface area contributed by atoms with E-state index in [9.17, 15) is 13.2 Å². The second-order valence-corrected chi connectivity index (χ2v) is 7.02. The molecule has 116 valence electrons. The van der Waals surface area contributed by atoms with Crippen LogP contribution in [-0.4, -0.2) is 50.1 Å². The molecular formula is C13H19N3O4S. The van der Waals surface area contributed by atoms with Crippen molar-refractivity contribution in [3.05, 3.63) is 18.3 Å². The molecule has 1 unspecified atom stereocenters. The molecule has 21 heavy (non-hydrogen) atoms. The molecule has 1 aromatic rings. The second-order valence-electron chi connectivity index (χ2n) is 5.04. The fourth-order valence-electron chi connectivity index (χ4n) is 2.28. The van der Waals surface area contributed by atoms with Gasteiger partial charge in [0.25, 0.3) is 0 Å². The van der Waals surface area contributed by atoms with E-state index in [-0.39, 0.29) is 18.4 Å². The Bertz CT molecular complexity index is 600. The van der Waals surface area contributed by atoms with Crippen LogP contribution in [0.2, 0.25) is 0 Å². The van der Waals surface area contributed by atoms with E-state index in [0.29, 0.717) is 31.0 Å². The van der Waals surface area contributed by atoms with Crippen molar-refractivity contribution in [2.45, 2.75) is 12.8 Å². The van der Waals surface area contributed by atoms with Gasteiger partial charge in [0.2, 0.25) is 21.8 Å². The van der Waals surface area contributed by atoms with Gasteiger partial charge in [-0.05, 0) is 18.9 Å². The van der Waals surface area contributed by atoms with E-state index < -0.39 is 10.0 Å². The van der Waals surface area contributed by atoms with Gasteiger partial charge in [-0.2, -0.15) is 0 Å². The highest BCUT2D eigenvalue weighted by atomic mass is 32.2. The van der Waals surface area contributed by atoms with Gasteiger partial charge in [0.1, 0.15) is 0 Å². The second kappa shape index (κ2) is 6.40. The number of hydrogen-bond acceptors (Lipinski definition) is 5. The van der Waals surface area contributed by atoms with E-state index >= 15 is 0 Å². The van der Waals surface area contributed by atoms with Gasteiger partial charge in [-0.1, -0.05) is 0 Å². The largest absolute Gasteiger partial charge is 0.481 e. The SMILES string of the molecule is COc1ccc(NC(=O)C2CCCN(S(C)(=O)=O)C2)cn1. The van der Waals surface area contributed by atoms with Crippen molar-refractivity contribution in [2.75, 3.05) is 31.8 Å². The van der Waals surface area contributed by atoms with Crippen LogP contribution < -0.4 is 10.1 Å². The van der Waals surface area contributed by atoms with Gasteiger partial charge < -0.3 is 10.1 Å². The van der Waals surface area contributed by atoms with E-state index in [4.69, 9.17) is 4.74 Å². The Morgan fingerprint density at radius 2 is 2.24 bits per heavy atom. The lowest BCUT2D eigenvalue weighted by atomic mass is 9.99. The zero-order valence-electron chi connectivity index (χ0n) is 12.1. The molecule has 0 bridgehead atoms. The van der Waals surface area contributed by atoms with Crippen molar-refractivity contribution >= 4 is 21.6 Å². The molecule has 7 nitrogen and oxygen atoms in total. The number of nitrogens with zero attached hydrogens (tertiary/aromatic N) is 2. The van der Waals surface area contributed by atoms with Crippen LogP contribution in [0.5, 0.6) is 5.88 Å². The van der Waals surface area contributed by atoms with Crippen LogP contribution in [0.15, 0.2) is 18.3 Å². The van der Waals surface area contributed by atoms with Gasteiger partial charge in [0.15, 0.2) is 0 Å². The van der Waals surface area contributed by atoms with Crippen LogP contribution in [0.25, 0.3) is 0 Å². The Morgan fingerprint density at radius 3 is 2.81 bits per heavy atom. The molecule has 0 radical (unpaired) electrons. The smallest absolute Gasteiger partial charge is 0.228 e. The third-order valence-corrected chi connectivity index (χ3v) is 4.71. The molecule has 1 aromatic heterocycles. The van der Waals surface area contributed by atoms with Gasteiger partial charge >= 0.3 is 0 Å². The summed E-state index contributed by atoms with van der Waals surface area (Å²) in [6.45, 7) is 0.709. The zero-order valence-corrected chi connectivity index (χ0v) is 12.9. The average Bonchev–Trinajstić information content (AvgIpc) is 2.47.